The van der Waals surface area contributed by atoms with E-state index < -0.39 is 0 Å². The summed E-state index contributed by atoms with van der Waals surface area (Å²) in [6, 6.07) is 9.32. The van der Waals surface area contributed by atoms with Crippen molar-refractivity contribution in [3.8, 4) is 0 Å². The predicted molar refractivity (Wildman–Crippen MR) is 78.1 cm³/mol. The monoisotopic (exact) mass is 249 g/mol. The Balaban J connectivity index is 2.65. The third-order valence-corrected chi connectivity index (χ3v) is 3.49. The summed E-state index contributed by atoms with van der Waals surface area (Å²) in [6.45, 7) is 7.22. The minimum absolute atomic E-state index is 0.297. The van der Waals surface area contributed by atoms with Crippen molar-refractivity contribution < 1.29 is 4.74 Å². The van der Waals surface area contributed by atoms with Crippen molar-refractivity contribution in [3.63, 3.8) is 0 Å². The number of hydrogen-bond donors (Lipinski definition) is 1. The largest absolute Gasteiger partial charge is 0.377 e. The number of rotatable bonds is 8. The van der Waals surface area contributed by atoms with E-state index in [0.717, 1.165) is 25.9 Å². The highest BCUT2D eigenvalue weighted by atomic mass is 16.5. The first-order chi connectivity index (χ1) is 8.74. The van der Waals surface area contributed by atoms with Crippen molar-refractivity contribution >= 4 is 0 Å². The van der Waals surface area contributed by atoms with Gasteiger partial charge in [0.15, 0.2) is 0 Å². The van der Waals surface area contributed by atoms with E-state index in [4.69, 9.17) is 4.74 Å². The first-order valence-electron chi connectivity index (χ1n) is 7.11. The van der Waals surface area contributed by atoms with Crippen molar-refractivity contribution in [1.82, 2.24) is 5.32 Å². The Morgan fingerprint density at radius 3 is 2.11 bits per heavy atom. The first-order valence-corrected chi connectivity index (χ1v) is 7.11. The van der Waals surface area contributed by atoms with Crippen LogP contribution in [0.5, 0.6) is 0 Å². The zero-order chi connectivity index (χ0) is 13.4. The van der Waals surface area contributed by atoms with Crippen LogP contribution in [0.4, 0.5) is 0 Å². The number of aryl methyl sites for hydroxylation is 1. The van der Waals surface area contributed by atoms with Crippen molar-refractivity contribution in [2.45, 2.75) is 52.2 Å². The topological polar surface area (TPSA) is 21.3 Å². The molecule has 0 radical (unpaired) electrons. The van der Waals surface area contributed by atoms with Gasteiger partial charge in [0.05, 0.1) is 6.10 Å². The fraction of sp³-hybridized carbons (Fsp3) is 0.625. The molecule has 0 aliphatic rings. The molecular formula is C16H27NO. The summed E-state index contributed by atoms with van der Waals surface area (Å²) in [5.41, 5.74) is 2.78. The van der Waals surface area contributed by atoms with Gasteiger partial charge in [0, 0.05) is 12.6 Å². The second-order valence-corrected chi connectivity index (χ2v) is 4.67. The number of likely N-dealkylation sites (N-methyl/N-ethyl adjacent to an activating group) is 1. The van der Waals surface area contributed by atoms with Crippen LogP contribution in [0.15, 0.2) is 24.3 Å². The van der Waals surface area contributed by atoms with Gasteiger partial charge in [-0.3, -0.25) is 0 Å². The summed E-state index contributed by atoms with van der Waals surface area (Å²) in [5.74, 6) is 0. The molecular weight excluding hydrogens is 222 g/mol. The van der Waals surface area contributed by atoms with Crippen molar-refractivity contribution in [2.75, 3.05) is 13.7 Å². The minimum atomic E-state index is 0.297. The lowest BCUT2D eigenvalue weighted by Crippen LogP contribution is -2.40. The van der Waals surface area contributed by atoms with E-state index in [9.17, 15) is 0 Å². The lowest BCUT2D eigenvalue weighted by molar-refractivity contribution is 0.0339. The molecule has 1 aromatic rings. The number of ether oxygens (including phenoxy) is 1. The standard InChI is InChI=1S/C16H27NO/c1-5-13-8-10-14(11-9-13)12-15(17-4)16(6-2)18-7-3/h8-11,15-17H,5-7,12H2,1-4H3. The van der Waals surface area contributed by atoms with E-state index in [-0.39, 0.29) is 0 Å². The van der Waals surface area contributed by atoms with Crippen LogP contribution in [0.3, 0.4) is 0 Å². The lowest BCUT2D eigenvalue weighted by atomic mass is 9.98. The summed E-state index contributed by atoms with van der Waals surface area (Å²) in [7, 11) is 2.02. The van der Waals surface area contributed by atoms with Gasteiger partial charge >= 0.3 is 0 Å². The molecule has 2 unspecified atom stereocenters. The summed E-state index contributed by atoms with van der Waals surface area (Å²) in [5, 5.41) is 3.39. The van der Waals surface area contributed by atoms with Crippen LogP contribution in [0.25, 0.3) is 0 Å². The smallest absolute Gasteiger partial charge is 0.0728 e. The van der Waals surface area contributed by atoms with Gasteiger partial charge < -0.3 is 10.1 Å². The van der Waals surface area contributed by atoms with Gasteiger partial charge in [-0.05, 0) is 44.4 Å². The van der Waals surface area contributed by atoms with E-state index in [1.54, 1.807) is 0 Å². The molecule has 1 N–H and O–H groups in total. The second-order valence-electron chi connectivity index (χ2n) is 4.67. The number of nitrogens with one attached hydrogen (secondary N) is 1. The van der Waals surface area contributed by atoms with Crippen LogP contribution in [-0.4, -0.2) is 25.8 Å². The number of benzene rings is 1. The van der Waals surface area contributed by atoms with Crippen LogP contribution in [0.1, 0.15) is 38.3 Å². The molecule has 0 heterocycles. The molecule has 18 heavy (non-hydrogen) atoms. The Labute approximate surface area is 112 Å². The van der Waals surface area contributed by atoms with Gasteiger partial charge in [0.2, 0.25) is 0 Å². The van der Waals surface area contributed by atoms with Crippen molar-refractivity contribution in [1.29, 1.82) is 0 Å². The SMILES string of the molecule is CCOC(CC)C(Cc1ccc(CC)cc1)NC. The van der Waals surface area contributed by atoms with E-state index in [2.05, 4.69) is 50.4 Å². The third kappa shape index (κ3) is 4.43. The molecule has 1 aromatic carbocycles. The molecule has 0 saturated carbocycles. The van der Waals surface area contributed by atoms with Gasteiger partial charge in [-0.2, -0.15) is 0 Å². The summed E-state index contributed by atoms with van der Waals surface area (Å²) in [4.78, 5) is 0. The van der Waals surface area contributed by atoms with Crippen LogP contribution < -0.4 is 5.32 Å². The molecule has 1 rings (SSSR count). The maximum atomic E-state index is 5.80. The van der Waals surface area contributed by atoms with Gasteiger partial charge in [-0.15, -0.1) is 0 Å². The fourth-order valence-corrected chi connectivity index (χ4v) is 2.32. The summed E-state index contributed by atoms with van der Waals surface area (Å²) < 4.78 is 5.80. The summed E-state index contributed by atoms with van der Waals surface area (Å²) in [6.07, 6.45) is 3.48. The third-order valence-electron chi connectivity index (χ3n) is 3.49. The minimum Gasteiger partial charge on any atom is -0.377 e. The first kappa shape index (κ1) is 15.2. The molecule has 0 aliphatic heterocycles. The molecule has 0 bridgehead atoms. The maximum Gasteiger partial charge on any atom is 0.0728 e. The molecule has 0 aromatic heterocycles. The molecule has 0 amide bonds. The second kappa shape index (κ2) is 8.28. The highest BCUT2D eigenvalue weighted by Gasteiger charge is 2.18. The lowest BCUT2D eigenvalue weighted by Gasteiger charge is -2.26. The Bertz CT molecular complexity index is 320. The van der Waals surface area contributed by atoms with E-state index in [1.807, 2.05) is 7.05 Å². The van der Waals surface area contributed by atoms with Crippen LogP contribution in [0, 0.1) is 0 Å². The zero-order valence-corrected chi connectivity index (χ0v) is 12.2. The molecule has 0 fully saturated rings. The highest BCUT2D eigenvalue weighted by Crippen LogP contribution is 2.12. The molecule has 0 aliphatic carbocycles. The molecule has 0 saturated heterocycles. The average Bonchev–Trinajstić information content (AvgIpc) is 2.43. The maximum absolute atomic E-state index is 5.80. The zero-order valence-electron chi connectivity index (χ0n) is 12.2. The van der Waals surface area contributed by atoms with Crippen LogP contribution in [0.2, 0.25) is 0 Å². The van der Waals surface area contributed by atoms with E-state index >= 15 is 0 Å². The Hall–Kier alpha value is -0.860. The van der Waals surface area contributed by atoms with Crippen molar-refractivity contribution in [3.05, 3.63) is 35.4 Å². The van der Waals surface area contributed by atoms with Gasteiger partial charge in [0.25, 0.3) is 0 Å². The average molecular weight is 249 g/mol. The van der Waals surface area contributed by atoms with Gasteiger partial charge in [0.1, 0.15) is 0 Å². The van der Waals surface area contributed by atoms with E-state index in [0.29, 0.717) is 12.1 Å². The normalized spacial score (nSPS) is 14.4. The van der Waals surface area contributed by atoms with Crippen molar-refractivity contribution in [2.24, 2.45) is 0 Å². The highest BCUT2D eigenvalue weighted by molar-refractivity contribution is 5.23. The molecule has 2 atom stereocenters. The van der Waals surface area contributed by atoms with E-state index in [1.165, 1.54) is 11.1 Å². The van der Waals surface area contributed by atoms with Gasteiger partial charge in [-0.1, -0.05) is 38.1 Å². The Morgan fingerprint density at radius 1 is 1.06 bits per heavy atom. The van der Waals surface area contributed by atoms with Gasteiger partial charge in [-0.25, -0.2) is 0 Å². The Kier molecular flexibility index (Phi) is 6.99. The Morgan fingerprint density at radius 2 is 1.67 bits per heavy atom. The number of hydrogen-bond acceptors (Lipinski definition) is 2. The quantitative estimate of drug-likeness (QED) is 0.764. The molecule has 0 spiro atoms. The fourth-order valence-electron chi connectivity index (χ4n) is 2.32. The molecule has 2 nitrogen and oxygen atoms in total. The molecule has 102 valence electrons. The summed E-state index contributed by atoms with van der Waals surface area (Å²) >= 11 is 0. The predicted octanol–water partition coefficient (Wildman–Crippen LogP) is 3.19. The molecule has 2 heteroatoms. The van der Waals surface area contributed by atoms with Crippen LogP contribution >= 0.6 is 0 Å². The van der Waals surface area contributed by atoms with Crippen LogP contribution in [-0.2, 0) is 17.6 Å².